The molecule has 96 valence electrons. The lowest BCUT2D eigenvalue weighted by Gasteiger charge is -2.09. The van der Waals surface area contributed by atoms with E-state index in [9.17, 15) is 5.11 Å². The second-order valence-corrected chi connectivity index (χ2v) is 5.16. The summed E-state index contributed by atoms with van der Waals surface area (Å²) in [6.07, 6.45) is -0.697. The molecule has 0 aliphatic heterocycles. The number of aliphatic hydroxyl groups is 2. The van der Waals surface area contributed by atoms with Crippen LogP contribution in [-0.4, -0.2) is 35.2 Å². The van der Waals surface area contributed by atoms with E-state index in [4.69, 9.17) is 16.7 Å². The highest BCUT2D eigenvalue weighted by atomic mass is 35.5. The Labute approximate surface area is 111 Å². The molecular weight excluding hydrogens is 258 g/mol. The van der Waals surface area contributed by atoms with Crippen molar-refractivity contribution in [3.05, 3.63) is 28.8 Å². The van der Waals surface area contributed by atoms with E-state index in [-0.39, 0.29) is 6.61 Å². The van der Waals surface area contributed by atoms with Crippen molar-refractivity contribution in [1.82, 2.24) is 5.32 Å². The smallest absolute Gasteiger partial charge is 0.0864 e. The Morgan fingerprint density at radius 2 is 2.24 bits per heavy atom. The number of benzene rings is 1. The molecule has 0 bridgehead atoms. The van der Waals surface area contributed by atoms with E-state index in [0.29, 0.717) is 10.8 Å². The minimum Gasteiger partial charge on any atom is -0.394 e. The molecule has 0 amide bonds. The van der Waals surface area contributed by atoms with Crippen LogP contribution in [0.25, 0.3) is 0 Å². The highest BCUT2D eigenvalue weighted by Gasteiger charge is 2.06. The standard InChI is InChI=1S/C12H18ClNO2S/c1-2-14-6-9-3-4-12(11(13)5-9)17-8-10(16)7-15/h3-5,10,14-16H,2,6-8H2,1H3. The number of nitrogens with one attached hydrogen (secondary N) is 1. The number of hydrogen-bond donors (Lipinski definition) is 3. The molecule has 5 heteroatoms. The van der Waals surface area contributed by atoms with E-state index in [0.717, 1.165) is 23.5 Å². The first-order valence-electron chi connectivity index (χ1n) is 5.58. The van der Waals surface area contributed by atoms with E-state index in [1.54, 1.807) is 0 Å². The van der Waals surface area contributed by atoms with Gasteiger partial charge in [0, 0.05) is 17.2 Å². The van der Waals surface area contributed by atoms with Gasteiger partial charge >= 0.3 is 0 Å². The van der Waals surface area contributed by atoms with Gasteiger partial charge in [-0.05, 0) is 24.2 Å². The van der Waals surface area contributed by atoms with Crippen molar-refractivity contribution in [2.75, 3.05) is 18.9 Å². The molecule has 1 rings (SSSR count). The minimum absolute atomic E-state index is 0.219. The van der Waals surface area contributed by atoms with Gasteiger partial charge in [-0.15, -0.1) is 11.8 Å². The van der Waals surface area contributed by atoms with Crippen LogP contribution in [0.2, 0.25) is 5.02 Å². The number of hydrogen-bond acceptors (Lipinski definition) is 4. The molecule has 1 unspecified atom stereocenters. The quantitative estimate of drug-likeness (QED) is 0.666. The molecule has 0 aliphatic carbocycles. The molecule has 3 N–H and O–H groups in total. The summed E-state index contributed by atoms with van der Waals surface area (Å²) in [5.41, 5.74) is 1.14. The van der Waals surface area contributed by atoms with Crippen LogP contribution in [0.4, 0.5) is 0 Å². The van der Waals surface area contributed by atoms with Crippen molar-refractivity contribution < 1.29 is 10.2 Å². The zero-order valence-electron chi connectivity index (χ0n) is 9.82. The summed E-state index contributed by atoms with van der Waals surface area (Å²) in [7, 11) is 0. The van der Waals surface area contributed by atoms with E-state index in [1.807, 2.05) is 18.2 Å². The molecule has 0 saturated heterocycles. The van der Waals surface area contributed by atoms with E-state index in [1.165, 1.54) is 11.8 Å². The predicted molar refractivity (Wildman–Crippen MR) is 72.6 cm³/mol. The zero-order chi connectivity index (χ0) is 12.7. The van der Waals surface area contributed by atoms with Crippen LogP contribution < -0.4 is 5.32 Å². The van der Waals surface area contributed by atoms with Gasteiger partial charge in [0.1, 0.15) is 0 Å². The topological polar surface area (TPSA) is 52.5 Å². The second-order valence-electron chi connectivity index (χ2n) is 3.69. The maximum Gasteiger partial charge on any atom is 0.0864 e. The summed E-state index contributed by atoms with van der Waals surface area (Å²) in [5, 5.41) is 21.9. The van der Waals surface area contributed by atoms with Crippen LogP contribution in [0.5, 0.6) is 0 Å². The lowest BCUT2D eigenvalue weighted by molar-refractivity contribution is 0.113. The monoisotopic (exact) mass is 275 g/mol. The lowest BCUT2D eigenvalue weighted by Crippen LogP contribution is -2.14. The Balaban J connectivity index is 2.56. The molecule has 0 aliphatic rings. The number of halogens is 1. The van der Waals surface area contributed by atoms with Gasteiger partial charge < -0.3 is 15.5 Å². The van der Waals surface area contributed by atoms with E-state index in [2.05, 4.69) is 12.2 Å². The Kier molecular flexibility index (Phi) is 6.92. The van der Waals surface area contributed by atoms with Gasteiger partial charge in [0.05, 0.1) is 17.7 Å². The van der Waals surface area contributed by atoms with Gasteiger partial charge in [0.15, 0.2) is 0 Å². The molecule has 17 heavy (non-hydrogen) atoms. The van der Waals surface area contributed by atoms with Crippen LogP contribution in [0.15, 0.2) is 23.1 Å². The maximum absolute atomic E-state index is 9.26. The average Bonchev–Trinajstić information content (AvgIpc) is 2.34. The summed E-state index contributed by atoms with van der Waals surface area (Å²) in [6.45, 7) is 3.57. The van der Waals surface area contributed by atoms with Crippen molar-refractivity contribution in [3.63, 3.8) is 0 Å². The average molecular weight is 276 g/mol. The van der Waals surface area contributed by atoms with Gasteiger partial charge in [-0.1, -0.05) is 24.6 Å². The van der Waals surface area contributed by atoms with Crippen LogP contribution in [0, 0.1) is 0 Å². The Hall–Kier alpha value is -0.260. The first kappa shape index (κ1) is 14.8. The van der Waals surface area contributed by atoms with Crippen molar-refractivity contribution in [3.8, 4) is 0 Å². The minimum atomic E-state index is -0.697. The zero-order valence-corrected chi connectivity index (χ0v) is 11.4. The fourth-order valence-electron chi connectivity index (χ4n) is 1.28. The molecular formula is C12H18ClNO2S. The summed E-state index contributed by atoms with van der Waals surface area (Å²) in [5.74, 6) is 0.447. The van der Waals surface area contributed by atoms with Crippen molar-refractivity contribution in [2.24, 2.45) is 0 Å². The van der Waals surface area contributed by atoms with E-state index >= 15 is 0 Å². The fraction of sp³-hybridized carbons (Fsp3) is 0.500. The molecule has 0 saturated carbocycles. The van der Waals surface area contributed by atoms with Crippen LogP contribution in [-0.2, 0) is 6.54 Å². The van der Waals surface area contributed by atoms with Crippen LogP contribution in [0.1, 0.15) is 12.5 Å². The molecule has 1 aromatic rings. The molecule has 0 heterocycles. The predicted octanol–water partition coefficient (Wildman–Crippen LogP) is 1.89. The summed E-state index contributed by atoms with van der Waals surface area (Å²) < 4.78 is 0. The Morgan fingerprint density at radius 1 is 1.47 bits per heavy atom. The Morgan fingerprint density at radius 3 is 2.82 bits per heavy atom. The van der Waals surface area contributed by atoms with Crippen molar-refractivity contribution in [2.45, 2.75) is 24.5 Å². The lowest BCUT2D eigenvalue weighted by atomic mass is 10.2. The Bertz CT molecular complexity index is 349. The third kappa shape index (κ3) is 5.27. The van der Waals surface area contributed by atoms with Gasteiger partial charge in [-0.2, -0.15) is 0 Å². The second kappa shape index (κ2) is 7.95. The van der Waals surface area contributed by atoms with Crippen LogP contribution >= 0.6 is 23.4 Å². The van der Waals surface area contributed by atoms with Gasteiger partial charge in [-0.25, -0.2) is 0 Å². The molecule has 1 atom stereocenters. The summed E-state index contributed by atoms with van der Waals surface area (Å²) in [6, 6.07) is 5.89. The van der Waals surface area contributed by atoms with Crippen molar-refractivity contribution >= 4 is 23.4 Å². The molecule has 0 fully saturated rings. The van der Waals surface area contributed by atoms with Gasteiger partial charge in [-0.3, -0.25) is 0 Å². The number of aliphatic hydroxyl groups excluding tert-OH is 2. The molecule has 3 nitrogen and oxygen atoms in total. The fourth-order valence-corrected chi connectivity index (χ4v) is 2.48. The van der Waals surface area contributed by atoms with E-state index < -0.39 is 6.10 Å². The number of rotatable bonds is 7. The molecule has 0 aromatic heterocycles. The SMILES string of the molecule is CCNCc1ccc(SCC(O)CO)c(Cl)c1. The molecule has 0 spiro atoms. The summed E-state index contributed by atoms with van der Waals surface area (Å²) in [4.78, 5) is 0.930. The summed E-state index contributed by atoms with van der Waals surface area (Å²) >= 11 is 7.59. The van der Waals surface area contributed by atoms with Crippen molar-refractivity contribution in [1.29, 1.82) is 0 Å². The number of thioether (sulfide) groups is 1. The molecule has 0 radical (unpaired) electrons. The third-order valence-corrected chi connectivity index (χ3v) is 3.86. The maximum atomic E-state index is 9.26. The third-order valence-electron chi connectivity index (χ3n) is 2.22. The van der Waals surface area contributed by atoms with Gasteiger partial charge in [0.2, 0.25) is 0 Å². The highest BCUT2D eigenvalue weighted by Crippen LogP contribution is 2.28. The van der Waals surface area contributed by atoms with Crippen LogP contribution in [0.3, 0.4) is 0 Å². The highest BCUT2D eigenvalue weighted by molar-refractivity contribution is 7.99. The molecule has 1 aromatic carbocycles. The largest absolute Gasteiger partial charge is 0.394 e. The first-order chi connectivity index (χ1) is 8.17. The van der Waals surface area contributed by atoms with Gasteiger partial charge in [0.25, 0.3) is 0 Å². The normalized spacial score (nSPS) is 12.7. The first-order valence-corrected chi connectivity index (χ1v) is 6.94.